The number of aliphatic carboxylic acids is 1. The third-order valence-electron chi connectivity index (χ3n) is 17.8. The highest BCUT2D eigenvalue weighted by Crippen LogP contribution is 2.15. The van der Waals surface area contributed by atoms with Crippen molar-refractivity contribution < 1.29 is 105 Å². The number of allylic oxidation sites excluding steroid dienone is 1. The van der Waals surface area contributed by atoms with E-state index in [1.165, 1.54) is 51.4 Å². The van der Waals surface area contributed by atoms with Gasteiger partial charge in [0.25, 0.3) is 0 Å². The summed E-state index contributed by atoms with van der Waals surface area (Å²) in [6.07, 6.45) is 33.5. The molecule has 9 amide bonds. The summed E-state index contributed by atoms with van der Waals surface area (Å²) in [4.78, 5) is 133. The van der Waals surface area contributed by atoms with Gasteiger partial charge in [-0.3, -0.25) is 52.7 Å². The van der Waals surface area contributed by atoms with Gasteiger partial charge in [-0.05, 0) is 96.3 Å². The fourth-order valence-corrected chi connectivity index (χ4v) is 11.6. The van der Waals surface area contributed by atoms with Gasteiger partial charge in [0.2, 0.25) is 53.2 Å². The molecular weight excluding hydrogens is 1620 g/mol. The van der Waals surface area contributed by atoms with Crippen LogP contribution in [0.5, 0.6) is 0 Å². The molecule has 0 aliphatic rings. The second-order valence-electron chi connectivity index (χ2n) is 28.2. The molecule has 36 heteroatoms. The number of rotatable bonds is 88. The summed E-state index contributed by atoms with van der Waals surface area (Å²) in [6, 6.07) is -2.31. The maximum absolute atomic E-state index is 12.5. The monoisotopic (exact) mass is 1770 g/mol. The van der Waals surface area contributed by atoms with Crippen molar-refractivity contribution in [3.63, 3.8) is 0 Å². The number of halogens is 1. The summed E-state index contributed by atoms with van der Waals surface area (Å²) in [5, 5.41) is 33.6. The Balaban J connectivity index is 3.59. The normalized spacial score (nSPS) is 12.4. The Morgan fingerprint density at radius 2 is 0.569 bits per heavy atom. The first-order chi connectivity index (χ1) is 56.4. The second kappa shape index (κ2) is 84.3. The summed E-state index contributed by atoms with van der Waals surface area (Å²) in [7, 11) is 0. The molecule has 0 aromatic heterocycles. The number of amides is 9. The topological polar surface area (TPSA) is 499 Å². The third-order valence-corrected chi connectivity index (χ3v) is 18.5. The molecule has 0 saturated heterocycles. The molecule has 0 fully saturated rings. The molecule has 0 aromatic carbocycles. The van der Waals surface area contributed by atoms with E-state index in [0.717, 1.165) is 96.3 Å². The van der Waals surface area contributed by atoms with Gasteiger partial charge in [-0.1, -0.05) is 115 Å². The number of Topliss-reactive ketones (excluding diaryl/α,β-unsaturated/α-hetero) is 1. The third kappa shape index (κ3) is 78.1. The summed E-state index contributed by atoms with van der Waals surface area (Å²) < 4.78 is 56.9. The molecule has 0 aromatic rings. The number of carbonyl (C=O) groups excluding carboxylic acids is 10. The number of ether oxygens (including phenoxy) is 10. The molecule has 0 heterocycles. The lowest BCUT2D eigenvalue weighted by Crippen LogP contribution is -2.42. The number of hydrogen-bond acceptors (Lipinski definition) is 25. The number of carboxylic acid groups (broad SMARTS) is 1. The first-order valence-electron chi connectivity index (χ1n) is 42.6. The Morgan fingerprint density at radius 3 is 0.905 bits per heavy atom. The van der Waals surface area contributed by atoms with Crippen molar-refractivity contribution >= 4 is 87.8 Å². The first kappa shape index (κ1) is 110. The van der Waals surface area contributed by atoms with Gasteiger partial charge >= 0.3 is 5.97 Å². The summed E-state index contributed by atoms with van der Waals surface area (Å²) in [6.45, 7) is 7.79. The molecule has 674 valence electrons. The average Bonchev–Trinajstić information content (AvgIpc) is 0.959. The van der Waals surface area contributed by atoms with Crippen LogP contribution in [0.15, 0.2) is 12.2 Å². The van der Waals surface area contributed by atoms with Crippen LogP contribution < -0.4 is 68.6 Å². The van der Waals surface area contributed by atoms with Crippen molar-refractivity contribution in [2.75, 3.05) is 191 Å². The Bertz CT molecular complexity index is 2530. The van der Waals surface area contributed by atoms with E-state index < -0.39 is 24.1 Å². The molecule has 1 unspecified atom stereocenters. The number of carbonyl (C=O) groups is 11. The fraction of sp³-hybridized carbons (Fsp3) is 0.838. The van der Waals surface area contributed by atoms with Crippen molar-refractivity contribution in [3.05, 3.63) is 12.2 Å². The van der Waals surface area contributed by atoms with Crippen molar-refractivity contribution in [1.82, 2.24) is 51.4 Å². The SMILES string of the molecule is CCCCCCC(=O)[C@H](/C=C/CCCCNC(=O)COCCOCCNC(=O)COCCOCCNC(=O)COCCOCCNC(=O)COCCOCCNC(=O)COCCOCCNC(=O)C(N)CCCCNC(=O)[C@@H](N)CCCCNC(=O)[C@@H](N)CCCCNC(=O)CCCCCCCCCCCCCCCCC(=O)O)NI. The van der Waals surface area contributed by atoms with Crippen molar-refractivity contribution in [3.8, 4) is 0 Å². The van der Waals surface area contributed by atoms with E-state index in [9.17, 15) is 52.7 Å². The lowest BCUT2D eigenvalue weighted by Gasteiger charge is -2.14. The standard InChI is InChI=1S/C80H150IN13O22/c1-2-3-4-20-34-70(95)69(94-81)33-19-17-18-26-37-86-72(97)61-112-56-51-107-46-41-87-73(98)62-113-57-52-108-47-42-88-74(99)63-114-58-53-109-48-43-89-75(100)64-115-59-54-110-49-44-90-76(101)65-116-60-55-111-50-45-93-80(106)68(84)32-25-29-40-92-79(105)67(83)31-24-28-39-91-78(104)66(82)30-23-27-38-85-71(96)35-21-15-13-11-9-7-5-6-8-10-12-14-16-22-36-77(102)103/h19,33,66-69,94H,2-18,20-32,34-65,82-84H2,1H3,(H,85,96)(H,86,97)(H,87,98)(H,88,99)(H,89,100)(H,90,101)(H,91,104)(H,92,105)(H,93,106)(H,102,103)/b33-19+/t66-,67-,68?,69-/m0/s1. The molecule has 0 aliphatic heterocycles. The molecule has 0 bridgehead atoms. The number of ketones is 1. The number of nitrogens with two attached hydrogens (primary N) is 3. The van der Waals surface area contributed by atoms with Crippen LogP contribution in [0, 0.1) is 0 Å². The van der Waals surface area contributed by atoms with Crippen LogP contribution in [0.4, 0.5) is 0 Å². The number of carboxylic acids is 1. The smallest absolute Gasteiger partial charge is 0.303 e. The summed E-state index contributed by atoms with van der Waals surface area (Å²) in [5.41, 5.74) is 18.2. The van der Waals surface area contributed by atoms with Crippen molar-refractivity contribution in [2.45, 2.75) is 243 Å². The zero-order chi connectivity index (χ0) is 85.1. The number of nitrogens with one attached hydrogen (secondary N) is 10. The van der Waals surface area contributed by atoms with E-state index in [1.807, 2.05) is 35.0 Å². The molecule has 0 spiro atoms. The minimum absolute atomic E-state index is 0.0643. The predicted octanol–water partition coefficient (Wildman–Crippen LogP) is 3.59. The molecule has 4 atom stereocenters. The minimum atomic E-state index is -0.725. The highest BCUT2D eigenvalue weighted by Gasteiger charge is 2.18. The Kier molecular flexibility index (Phi) is 80.1. The van der Waals surface area contributed by atoms with Crippen LogP contribution in [0.3, 0.4) is 0 Å². The van der Waals surface area contributed by atoms with E-state index in [0.29, 0.717) is 84.0 Å². The van der Waals surface area contributed by atoms with Gasteiger partial charge in [0, 0.05) is 101 Å². The largest absolute Gasteiger partial charge is 0.481 e. The molecule has 35 nitrogen and oxygen atoms in total. The molecular formula is C80H150IN13O22. The summed E-state index contributed by atoms with van der Waals surface area (Å²) >= 11 is 2.02. The minimum Gasteiger partial charge on any atom is -0.481 e. The zero-order valence-corrected chi connectivity index (χ0v) is 72.1. The maximum Gasteiger partial charge on any atom is 0.303 e. The average molecular weight is 1770 g/mol. The molecule has 17 N–H and O–H groups in total. The number of hydrogen-bond donors (Lipinski definition) is 14. The van der Waals surface area contributed by atoms with Gasteiger partial charge in [0.1, 0.15) is 33.0 Å². The molecule has 0 radical (unpaired) electrons. The van der Waals surface area contributed by atoms with Crippen LogP contribution in [0.2, 0.25) is 0 Å². The van der Waals surface area contributed by atoms with Crippen LogP contribution in [-0.4, -0.2) is 285 Å². The second-order valence-corrected chi connectivity index (χ2v) is 28.9. The van der Waals surface area contributed by atoms with Crippen LogP contribution in [0.1, 0.15) is 219 Å². The highest BCUT2D eigenvalue weighted by molar-refractivity contribution is 14.1. The van der Waals surface area contributed by atoms with Gasteiger partial charge < -0.3 is 118 Å². The van der Waals surface area contributed by atoms with Gasteiger partial charge in [0.05, 0.1) is 123 Å². The van der Waals surface area contributed by atoms with Gasteiger partial charge in [0.15, 0.2) is 5.78 Å². The molecule has 0 saturated carbocycles. The van der Waals surface area contributed by atoms with Crippen molar-refractivity contribution in [1.29, 1.82) is 0 Å². The Labute approximate surface area is 704 Å². The first-order valence-corrected chi connectivity index (χ1v) is 43.7. The number of unbranched alkanes of at least 4 members (excludes halogenated alkanes) is 21. The van der Waals surface area contributed by atoms with Crippen LogP contribution >= 0.6 is 22.9 Å². The lowest BCUT2D eigenvalue weighted by molar-refractivity contribution is -0.137. The predicted molar refractivity (Wildman–Crippen MR) is 450 cm³/mol. The van der Waals surface area contributed by atoms with E-state index in [-0.39, 0.29) is 236 Å². The summed E-state index contributed by atoms with van der Waals surface area (Å²) in [5.74, 6) is -2.75. The zero-order valence-electron chi connectivity index (χ0n) is 69.9. The maximum atomic E-state index is 12.5. The highest BCUT2D eigenvalue weighted by atomic mass is 127. The van der Waals surface area contributed by atoms with E-state index in [4.69, 9.17) is 69.7 Å². The molecule has 116 heavy (non-hydrogen) atoms. The van der Waals surface area contributed by atoms with E-state index in [1.54, 1.807) is 0 Å². The fourth-order valence-electron chi connectivity index (χ4n) is 11.1. The van der Waals surface area contributed by atoms with E-state index in [2.05, 4.69) is 58.3 Å². The van der Waals surface area contributed by atoms with Gasteiger partial charge in [-0.25, -0.2) is 3.53 Å². The van der Waals surface area contributed by atoms with Crippen LogP contribution in [-0.2, 0) is 100 Å². The molecule has 0 aliphatic carbocycles. The Hall–Kier alpha value is -5.72. The Morgan fingerprint density at radius 1 is 0.302 bits per heavy atom. The van der Waals surface area contributed by atoms with E-state index >= 15 is 0 Å². The van der Waals surface area contributed by atoms with Crippen LogP contribution in [0.25, 0.3) is 0 Å². The lowest BCUT2D eigenvalue weighted by atomic mass is 10.0. The van der Waals surface area contributed by atoms with Gasteiger partial charge in [-0.2, -0.15) is 0 Å². The van der Waals surface area contributed by atoms with Crippen molar-refractivity contribution in [2.24, 2.45) is 17.2 Å². The molecule has 0 rings (SSSR count). The quantitative estimate of drug-likeness (QED) is 0.0179. The van der Waals surface area contributed by atoms with Gasteiger partial charge in [-0.15, -0.1) is 0 Å².